The minimum Gasteiger partial charge on any atom is -0.488 e. The summed E-state index contributed by atoms with van der Waals surface area (Å²) in [5.41, 5.74) is 4.72. The minimum absolute atomic E-state index is 0.315. The summed E-state index contributed by atoms with van der Waals surface area (Å²) in [6.07, 6.45) is 6.14. The number of aryl methyl sites for hydroxylation is 1. The zero-order valence-corrected chi connectivity index (χ0v) is 21.7. The Morgan fingerprint density at radius 3 is 2.65 bits per heavy atom. The van der Waals surface area contributed by atoms with Gasteiger partial charge in [-0.15, -0.1) is 11.3 Å². The van der Waals surface area contributed by atoms with Gasteiger partial charge in [0.1, 0.15) is 23.4 Å². The van der Waals surface area contributed by atoms with Gasteiger partial charge in [-0.25, -0.2) is 4.99 Å². The first-order valence-corrected chi connectivity index (χ1v) is 13.2. The Hall–Kier alpha value is -2.52. The number of hydrogen-bond acceptors (Lipinski definition) is 5. The second kappa shape index (κ2) is 11.3. The molecule has 7 heteroatoms. The maximum absolute atomic E-state index is 9.75. The normalized spacial score (nSPS) is 13.0. The van der Waals surface area contributed by atoms with Gasteiger partial charge in [-0.3, -0.25) is 0 Å². The van der Waals surface area contributed by atoms with Crippen molar-refractivity contribution in [2.75, 3.05) is 18.0 Å². The van der Waals surface area contributed by atoms with E-state index < -0.39 is 0 Å². The summed E-state index contributed by atoms with van der Waals surface area (Å²) >= 11 is 14.0. The van der Waals surface area contributed by atoms with E-state index in [-0.39, 0.29) is 0 Å². The van der Waals surface area contributed by atoms with E-state index in [1.54, 1.807) is 17.4 Å². The molecule has 1 heterocycles. The molecule has 0 aliphatic heterocycles. The minimum atomic E-state index is 0.315. The third-order valence-electron chi connectivity index (χ3n) is 6.11. The molecule has 1 aliphatic rings. The Balaban J connectivity index is 1.66. The molecule has 1 aliphatic carbocycles. The van der Waals surface area contributed by atoms with E-state index in [2.05, 4.69) is 30.9 Å². The number of aliphatic imine (C=N–C) groups is 1. The molecular weight excluding hydrogens is 485 g/mol. The van der Waals surface area contributed by atoms with Gasteiger partial charge in [-0.2, -0.15) is 5.26 Å². The first-order valence-electron chi connectivity index (χ1n) is 11.6. The molecule has 0 N–H and O–H groups in total. The Labute approximate surface area is 215 Å². The lowest BCUT2D eigenvalue weighted by molar-refractivity contribution is 0.306. The summed E-state index contributed by atoms with van der Waals surface area (Å²) in [7, 11) is 0. The monoisotopic (exact) mass is 511 g/mol. The quantitative estimate of drug-likeness (QED) is 0.288. The van der Waals surface area contributed by atoms with Crippen molar-refractivity contribution in [3.05, 3.63) is 73.6 Å². The molecule has 176 valence electrons. The van der Waals surface area contributed by atoms with Crippen LogP contribution in [0.15, 0.2) is 41.4 Å². The summed E-state index contributed by atoms with van der Waals surface area (Å²) in [5.74, 6) is 0.721. The molecule has 1 aromatic heterocycles. The van der Waals surface area contributed by atoms with Crippen molar-refractivity contribution in [2.45, 2.75) is 46.1 Å². The van der Waals surface area contributed by atoms with Crippen molar-refractivity contribution in [1.82, 2.24) is 0 Å². The van der Waals surface area contributed by atoms with E-state index in [9.17, 15) is 5.26 Å². The Bertz CT molecular complexity index is 1240. The fraction of sp³-hybridized carbons (Fsp3) is 0.333. The van der Waals surface area contributed by atoms with Crippen molar-refractivity contribution < 1.29 is 4.74 Å². The molecule has 0 fully saturated rings. The molecule has 3 aromatic rings. The van der Waals surface area contributed by atoms with Crippen molar-refractivity contribution in [3.8, 4) is 11.8 Å². The molecule has 0 unspecified atom stereocenters. The molecule has 0 amide bonds. The van der Waals surface area contributed by atoms with Crippen LogP contribution in [0, 0.1) is 11.3 Å². The van der Waals surface area contributed by atoms with Crippen LogP contribution in [0.5, 0.6) is 5.75 Å². The van der Waals surface area contributed by atoms with Gasteiger partial charge in [0.05, 0.1) is 5.56 Å². The average molecular weight is 513 g/mol. The van der Waals surface area contributed by atoms with Gasteiger partial charge in [0.15, 0.2) is 0 Å². The first kappa shape index (κ1) is 24.6. The highest BCUT2D eigenvalue weighted by Crippen LogP contribution is 2.39. The summed E-state index contributed by atoms with van der Waals surface area (Å²) in [5, 5.41) is 11.7. The Morgan fingerprint density at radius 2 is 1.91 bits per heavy atom. The maximum atomic E-state index is 9.75. The number of ether oxygens (including phenoxy) is 1. The number of anilines is 1. The zero-order chi connectivity index (χ0) is 24.1. The van der Waals surface area contributed by atoms with Crippen LogP contribution in [-0.2, 0) is 19.4 Å². The van der Waals surface area contributed by atoms with Crippen molar-refractivity contribution in [3.63, 3.8) is 0 Å². The summed E-state index contributed by atoms with van der Waals surface area (Å²) in [6, 6.07) is 13.9. The van der Waals surface area contributed by atoms with Gasteiger partial charge in [0, 0.05) is 57.1 Å². The molecule has 4 nitrogen and oxygen atoms in total. The summed E-state index contributed by atoms with van der Waals surface area (Å²) in [6.45, 7) is 6.39. The maximum Gasteiger partial charge on any atom is 0.134 e. The summed E-state index contributed by atoms with van der Waals surface area (Å²) < 4.78 is 6.24. The van der Waals surface area contributed by atoms with E-state index in [1.807, 2.05) is 30.5 Å². The smallest absolute Gasteiger partial charge is 0.134 e. The highest BCUT2D eigenvalue weighted by molar-refractivity contribution is 7.16. The van der Waals surface area contributed by atoms with Crippen LogP contribution < -0.4 is 9.64 Å². The van der Waals surface area contributed by atoms with Crippen LogP contribution in [0.2, 0.25) is 10.0 Å². The fourth-order valence-corrected chi connectivity index (χ4v) is 5.87. The number of hydrogen-bond donors (Lipinski definition) is 0. The van der Waals surface area contributed by atoms with Gasteiger partial charge in [-0.05, 0) is 69.4 Å². The Morgan fingerprint density at radius 1 is 1.12 bits per heavy atom. The van der Waals surface area contributed by atoms with Crippen molar-refractivity contribution >= 4 is 51.4 Å². The number of rotatable bonds is 8. The Kier molecular flexibility index (Phi) is 8.15. The second-order valence-electron chi connectivity index (χ2n) is 8.18. The van der Waals surface area contributed by atoms with Crippen LogP contribution in [-0.4, -0.2) is 19.3 Å². The summed E-state index contributed by atoms with van der Waals surface area (Å²) in [4.78, 5) is 8.32. The fourth-order valence-electron chi connectivity index (χ4n) is 4.22. The standard InChI is InChI=1S/C27H27Cl2N3OS/c1-3-32(4-2)21-12-10-18(25(14-21)33-17-19-9-11-20(28)13-24(19)29)16-31-27-23(15-30)22-7-5-6-8-26(22)34-27/h9-14,16H,3-8,17H2,1-2H3. The molecule has 34 heavy (non-hydrogen) atoms. The largest absolute Gasteiger partial charge is 0.488 e. The number of fused-ring (bicyclic) bond motifs is 1. The SMILES string of the molecule is CCN(CC)c1ccc(C=Nc2sc3c(c2C#N)CCCC3)c(OCc2ccc(Cl)cc2Cl)c1. The number of halogens is 2. The van der Waals surface area contributed by atoms with Crippen LogP contribution in [0.4, 0.5) is 10.7 Å². The second-order valence-corrected chi connectivity index (χ2v) is 10.1. The molecule has 2 aromatic carbocycles. The number of nitriles is 1. The van der Waals surface area contributed by atoms with Crippen molar-refractivity contribution in [1.29, 1.82) is 5.26 Å². The topological polar surface area (TPSA) is 48.6 Å². The lowest BCUT2D eigenvalue weighted by Crippen LogP contribution is -2.21. The van der Waals surface area contributed by atoms with E-state index in [0.29, 0.717) is 16.7 Å². The molecule has 0 spiro atoms. The average Bonchev–Trinajstić information content (AvgIpc) is 3.21. The van der Waals surface area contributed by atoms with Crippen LogP contribution in [0.25, 0.3) is 0 Å². The molecule has 0 saturated carbocycles. The van der Waals surface area contributed by atoms with Crippen LogP contribution in [0.1, 0.15) is 53.8 Å². The molecule has 0 bridgehead atoms. The molecular formula is C27H27Cl2N3OS. The third kappa shape index (κ3) is 5.41. The van der Waals surface area contributed by atoms with E-state index >= 15 is 0 Å². The van der Waals surface area contributed by atoms with Crippen LogP contribution in [0.3, 0.4) is 0 Å². The predicted octanol–water partition coefficient (Wildman–Crippen LogP) is 7.98. The third-order valence-corrected chi connectivity index (χ3v) is 7.90. The first-order chi connectivity index (χ1) is 16.5. The van der Waals surface area contributed by atoms with Gasteiger partial charge < -0.3 is 9.64 Å². The number of benzene rings is 2. The molecule has 0 atom stereocenters. The predicted molar refractivity (Wildman–Crippen MR) is 144 cm³/mol. The lowest BCUT2D eigenvalue weighted by Gasteiger charge is -2.22. The molecule has 0 saturated heterocycles. The van der Waals surface area contributed by atoms with Gasteiger partial charge in [0.25, 0.3) is 0 Å². The highest BCUT2D eigenvalue weighted by Gasteiger charge is 2.20. The van der Waals surface area contributed by atoms with Crippen molar-refractivity contribution in [2.24, 2.45) is 4.99 Å². The molecule has 0 radical (unpaired) electrons. The lowest BCUT2D eigenvalue weighted by atomic mass is 9.96. The van der Waals surface area contributed by atoms with E-state index in [1.165, 1.54) is 16.9 Å². The van der Waals surface area contributed by atoms with E-state index in [0.717, 1.165) is 65.5 Å². The van der Waals surface area contributed by atoms with Gasteiger partial charge in [-0.1, -0.05) is 29.3 Å². The van der Waals surface area contributed by atoms with Crippen LogP contribution >= 0.6 is 34.5 Å². The van der Waals surface area contributed by atoms with Gasteiger partial charge in [0.2, 0.25) is 0 Å². The zero-order valence-electron chi connectivity index (χ0n) is 19.4. The molecule has 4 rings (SSSR count). The highest BCUT2D eigenvalue weighted by atomic mass is 35.5. The number of nitrogens with zero attached hydrogens (tertiary/aromatic N) is 3. The van der Waals surface area contributed by atoms with E-state index in [4.69, 9.17) is 32.9 Å². The number of thiophene rings is 1. The van der Waals surface area contributed by atoms with Gasteiger partial charge >= 0.3 is 0 Å².